The molecule has 1 atom stereocenters. The van der Waals surface area contributed by atoms with Crippen molar-refractivity contribution >= 4 is 32.7 Å². The highest BCUT2D eigenvalue weighted by atomic mass is 32.1. The maximum Gasteiger partial charge on any atom is 0.421 e. The molecular weight excluding hydrogens is 547 g/mol. The highest BCUT2D eigenvalue weighted by Gasteiger charge is 2.41. The molecule has 0 bridgehead atoms. The van der Waals surface area contributed by atoms with Gasteiger partial charge in [0, 0.05) is 55.9 Å². The Morgan fingerprint density at radius 3 is 2.60 bits per heavy atom. The zero-order valence-electron chi connectivity index (χ0n) is 21.4. The van der Waals surface area contributed by atoms with Crippen molar-refractivity contribution in [2.24, 2.45) is 0 Å². The standard InChI is InChI=1S/C26H26F3N7O3S/c1-2-30-24(38)35-25-34-20-11-16(17-12-32-23(33-13-17)22(37)26(27,28)29)10-18(21(20)40-25)19-9-15(3-4-31-19)14-36-5-7-39-8-6-36/h3-4,9-13,22,37H,2,5-8,14H2,1H3,(H2,30,34,35,38). The molecule has 0 aliphatic carbocycles. The smallest absolute Gasteiger partial charge is 0.379 e. The van der Waals surface area contributed by atoms with Gasteiger partial charge in [0.1, 0.15) is 0 Å². The minimum atomic E-state index is -4.88. The topological polar surface area (TPSA) is 125 Å². The Balaban J connectivity index is 1.54. The highest BCUT2D eigenvalue weighted by Crippen LogP contribution is 2.38. The van der Waals surface area contributed by atoms with E-state index < -0.39 is 18.1 Å². The molecule has 4 heterocycles. The number of rotatable bonds is 7. The van der Waals surface area contributed by atoms with Gasteiger partial charge in [0.2, 0.25) is 6.10 Å². The number of ether oxygens (including phenoxy) is 1. The van der Waals surface area contributed by atoms with E-state index in [2.05, 4.69) is 35.5 Å². The summed E-state index contributed by atoms with van der Waals surface area (Å²) in [5.74, 6) is -0.739. The number of halogens is 3. The molecule has 0 spiro atoms. The summed E-state index contributed by atoms with van der Waals surface area (Å²) >= 11 is 1.29. The number of aromatic nitrogens is 4. The first-order valence-corrected chi connectivity index (χ1v) is 13.3. The summed E-state index contributed by atoms with van der Waals surface area (Å²) in [6.07, 6.45) is -3.47. The number of carbonyl (C=O) groups excluding carboxylic acids is 1. The monoisotopic (exact) mass is 573 g/mol. The van der Waals surface area contributed by atoms with Gasteiger partial charge in [0.05, 0.1) is 29.1 Å². The van der Waals surface area contributed by atoms with Crippen LogP contribution < -0.4 is 10.6 Å². The third-order valence-electron chi connectivity index (χ3n) is 6.22. The van der Waals surface area contributed by atoms with Crippen LogP contribution in [0.25, 0.3) is 32.6 Å². The number of urea groups is 1. The average molecular weight is 574 g/mol. The number of morpholine rings is 1. The molecule has 1 aromatic carbocycles. The number of hydrogen-bond donors (Lipinski definition) is 3. The fourth-order valence-electron chi connectivity index (χ4n) is 4.26. The number of pyridine rings is 1. The molecule has 0 radical (unpaired) electrons. The number of aliphatic hydroxyl groups is 1. The zero-order chi connectivity index (χ0) is 28.3. The molecule has 1 aliphatic rings. The molecule has 5 rings (SSSR count). The molecule has 2 amide bonds. The third-order valence-corrected chi connectivity index (χ3v) is 7.24. The number of alkyl halides is 3. The highest BCUT2D eigenvalue weighted by molar-refractivity contribution is 7.22. The minimum absolute atomic E-state index is 0.378. The lowest BCUT2D eigenvalue weighted by Gasteiger charge is -2.26. The maximum absolute atomic E-state index is 12.9. The summed E-state index contributed by atoms with van der Waals surface area (Å²) in [5, 5.41) is 15.3. The van der Waals surface area contributed by atoms with Crippen LogP contribution >= 0.6 is 11.3 Å². The molecule has 4 aromatic rings. The molecule has 3 N–H and O–H groups in total. The number of carbonyl (C=O) groups is 1. The second-order valence-electron chi connectivity index (χ2n) is 9.09. The Kier molecular flexibility index (Phi) is 8.21. The fraction of sp³-hybridized carbons (Fsp3) is 0.346. The Labute approximate surface area is 231 Å². The number of thiazole rings is 1. The molecule has 40 heavy (non-hydrogen) atoms. The van der Waals surface area contributed by atoms with Crippen LogP contribution in [-0.2, 0) is 11.3 Å². The lowest BCUT2D eigenvalue weighted by molar-refractivity contribution is -0.209. The van der Waals surface area contributed by atoms with Gasteiger partial charge in [-0.1, -0.05) is 11.3 Å². The first kappa shape index (κ1) is 27.8. The van der Waals surface area contributed by atoms with Crippen molar-refractivity contribution in [3.05, 3.63) is 54.2 Å². The minimum Gasteiger partial charge on any atom is -0.379 e. The summed E-state index contributed by atoms with van der Waals surface area (Å²) in [4.78, 5) is 31.1. The Bertz CT molecular complexity index is 1490. The van der Waals surface area contributed by atoms with E-state index in [1.165, 1.54) is 23.7 Å². The number of hydrogen-bond acceptors (Lipinski definition) is 9. The van der Waals surface area contributed by atoms with Crippen LogP contribution in [0.1, 0.15) is 24.4 Å². The van der Waals surface area contributed by atoms with Crippen LogP contribution in [0.3, 0.4) is 0 Å². The van der Waals surface area contributed by atoms with Crippen LogP contribution in [-0.4, -0.2) is 75.0 Å². The molecule has 1 fully saturated rings. The Morgan fingerprint density at radius 2 is 1.90 bits per heavy atom. The van der Waals surface area contributed by atoms with Gasteiger partial charge < -0.3 is 15.2 Å². The van der Waals surface area contributed by atoms with Crippen molar-refractivity contribution in [3.8, 4) is 22.4 Å². The van der Waals surface area contributed by atoms with Gasteiger partial charge >= 0.3 is 12.2 Å². The molecular formula is C26H26F3N7O3S. The van der Waals surface area contributed by atoms with E-state index in [0.717, 1.165) is 35.5 Å². The van der Waals surface area contributed by atoms with Crippen LogP contribution in [0, 0.1) is 0 Å². The fourth-order valence-corrected chi connectivity index (χ4v) is 5.22. The van der Waals surface area contributed by atoms with Crippen molar-refractivity contribution in [3.63, 3.8) is 0 Å². The summed E-state index contributed by atoms with van der Waals surface area (Å²) in [6, 6.07) is 7.14. The largest absolute Gasteiger partial charge is 0.421 e. The molecule has 210 valence electrons. The van der Waals surface area contributed by atoms with Crippen molar-refractivity contribution < 1.29 is 27.8 Å². The van der Waals surface area contributed by atoms with Gasteiger partial charge in [-0.05, 0) is 42.3 Å². The number of nitrogens with one attached hydrogen (secondary N) is 2. The Hall–Kier alpha value is -3.72. The predicted molar refractivity (Wildman–Crippen MR) is 144 cm³/mol. The van der Waals surface area contributed by atoms with Crippen LogP contribution in [0.2, 0.25) is 0 Å². The van der Waals surface area contributed by atoms with Gasteiger partial charge in [0.25, 0.3) is 0 Å². The molecule has 3 aromatic heterocycles. The number of aliphatic hydroxyl groups excluding tert-OH is 1. The van der Waals surface area contributed by atoms with Crippen LogP contribution in [0.4, 0.5) is 23.1 Å². The Morgan fingerprint density at radius 1 is 1.15 bits per heavy atom. The number of fused-ring (bicyclic) bond motifs is 1. The lowest BCUT2D eigenvalue weighted by atomic mass is 10.0. The molecule has 14 heteroatoms. The lowest BCUT2D eigenvalue weighted by Crippen LogP contribution is -2.35. The second-order valence-corrected chi connectivity index (χ2v) is 10.1. The third kappa shape index (κ3) is 6.36. The van der Waals surface area contributed by atoms with E-state index in [0.29, 0.717) is 47.2 Å². The first-order chi connectivity index (χ1) is 19.2. The summed E-state index contributed by atoms with van der Waals surface area (Å²) in [7, 11) is 0. The van der Waals surface area contributed by atoms with Crippen molar-refractivity contribution in [2.45, 2.75) is 25.7 Å². The quantitative estimate of drug-likeness (QED) is 0.298. The van der Waals surface area contributed by atoms with Crippen LogP contribution in [0.15, 0.2) is 42.9 Å². The van der Waals surface area contributed by atoms with Crippen LogP contribution in [0.5, 0.6) is 0 Å². The van der Waals surface area contributed by atoms with E-state index >= 15 is 0 Å². The van der Waals surface area contributed by atoms with Gasteiger partial charge in [-0.25, -0.2) is 19.7 Å². The van der Waals surface area contributed by atoms with E-state index in [-0.39, 0.29) is 6.03 Å². The van der Waals surface area contributed by atoms with Gasteiger partial charge in [0.15, 0.2) is 11.0 Å². The van der Waals surface area contributed by atoms with E-state index in [4.69, 9.17) is 4.74 Å². The SMILES string of the molecule is CCNC(=O)Nc1nc2cc(-c3cnc(C(O)C(F)(F)F)nc3)cc(-c3cc(CN4CCOCC4)ccn3)c2s1. The van der Waals surface area contributed by atoms with E-state index in [1.54, 1.807) is 19.2 Å². The molecule has 1 unspecified atom stereocenters. The van der Waals surface area contributed by atoms with Gasteiger partial charge in [-0.2, -0.15) is 13.2 Å². The second kappa shape index (κ2) is 11.8. The average Bonchev–Trinajstić information content (AvgIpc) is 3.34. The van der Waals surface area contributed by atoms with Crippen molar-refractivity contribution in [2.75, 3.05) is 38.2 Å². The maximum atomic E-state index is 12.9. The number of nitrogens with zero attached hydrogens (tertiary/aromatic N) is 5. The van der Waals surface area contributed by atoms with Gasteiger partial charge in [-0.3, -0.25) is 15.2 Å². The van der Waals surface area contributed by atoms with Crippen molar-refractivity contribution in [1.29, 1.82) is 0 Å². The number of amides is 2. The van der Waals surface area contributed by atoms with E-state index in [9.17, 15) is 23.1 Å². The van der Waals surface area contributed by atoms with E-state index in [1.807, 2.05) is 18.2 Å². The molecule has 10 nitrogen and oxygen atoms in total. The number of benzene rings is 1. The summed E-state index contributed by atoms with van der Waals surface area (Å²) in [6.45, 7) is 6.02. The molecule has 1 saturated heterocycles. The zero-order valence-corrected chi connectivity index (χ0v) is 22.2. The van der Waals surface area contributed by atoms with Gasteiger partial charge in [-0.15, -0.1) is 0 Å². The first-order valence-electron chi connectivity index (χ1n) is 12.5. The summed E-state index contributed by atoms with van der Waals surface area (Å²) in [5.41, 5.74) is 4.05. The number of anilines is 1. The normalized spacial score (nSPS) is 15.2. The molecule has 0 saturated carbocycles. The van der Waals surface area contributed by atoms with Crippen molar-refractivity contribution in [1.82, 2.24) is 30.2 Å². The molecule has 1 aliphatic heterocycles. The summed E-state index contributed by atoms with van der Waals surface area (Å²) < 4.78 is 44.9. The predicted octanol–water partition coefficient (Wildman–Crippen LogP) is 4.38.